The molecule has 0 bridgehead atoms. The van der Waals surface area contributed by atoms with Crippen LogP contribution in [-0.4, -0.2) is 34.0 Å². The van der Waals surface area contributed by atoms with Gasteiger partial charge in [0.2, 0.25) is 0 Å². The number of anilines is 1. The van der Waals surface area contributed by atoms with Crippen LogP contribution >= 0.6 is 11.5 Å². The summed E-state index contributed by atoms with van der Waals surface area (Å²) in [5.74, 6) is -0.224. The lowest BCUT2D eigenvalue weighted by molar-refractivity contribution is -0.135. The molecule has 78 valence electrons. The summed E-state index contributed by atoms with van der Waals surface area (Å²) in [7, 11) is 1.70. The quantitative estimate of drug-likeness (QED) is 0.847. The van der Waals surface area contributed by atoms with Crippen LogP contribution in [0.4, 0.5) is 5.82 Å². The number of nitrogens with zero attached hydrogens (tertiary/aromatic N) is 3. The van der Waals surface area contributed by atoms with Gasteiger partial charge in [-0.2, -0.15) is 4.37 Å². The van der Waals surface area contributed by atoms with E-state index in [2.05, 4.69) is 9.36 Å². The molecule has 0 spiro atoms. The molecule has 2 heterocycles. The maximum absolute atomic E-state index is 10.5. The van der Waals surface area contributed by atoms with Crippen molar-refractivity contribution in [2.45, 2.75) is 0 Å². The minimum absolute atomic E-state index is 0.0582. The molecule has 0 amide bonds. The molecular formula is C9H9N3O2S. The highest BCUT2D eigenvalue weighted by Crippen LogP contribution is 2.19. The van der Waals surface area contributed by atoms with E-state index in [1.165, 1.54) is 11.5 Å². The van der Waals surface area contributed by atoms with Crippen LogP contribution in [-0.2, 0) is 4.79 Å². The van der Waals surface area contributed by atoms with Crippen LogP contribution in [0.25, 0.3) is 10.2 Å². The third-order valence-corrected chi connectivity index (χ3v) is 2.68. The smallest absolute Gasteiger partial charge is 0.323 e. The number of aliphatic carboxylic acids is 1. The molecule has 0 saturated carbocycles. The van der Waals surface area contributed by atoms with Gasteiger partial charge in [-0.15, -0.1) is 0 Å². The van der Waals surface area contributed by atoms with E-state index in [1.54, 1.807) is 24.2 Å². The van der Waals surface area contributed by atoms with Crippen molar-refractivity contribution in [1.82, 2.24) is 9.36 Å². The number of rotatable bonds is 3. The summed E-state index contributed by atoms with van der Waals surface area (Å²) in [5, 5.41) is 9.62. The van der Waals surface area contributed by atoms with Gasteiger partial charge in [0, 0.05) is 12.4 Å². The number of carboxylic acids is 1. The summed E-state index contributed by atoms with van der Waals surface area (Å²) in [5.41, 5.74) is 0. The maximum atomic E-state index is 10.5. The van der Waals surface area contributed by atoms with Gasteiger partial charge in [0.25, 0.3) is 0 Å². The zero-order valence-corrected chi connectivity index (χ0v) is 8.86. The summed E-state index contributed by atoms with van der Waals surface area (Å²) >= 11 is 1.30. The Morgan fingerprint density at radius 2 is 2.40 bits per heavy atom. The van der Waals surface area contributed by atoms with Gasteiger partial charge in [-0.1, -0.05) is 0 Å². The lowest BCUT2D eigenvalue weighted by Gasteiger charge is -2.14. The first-order valence-electron chi connectivity index (χ1n) is 4.31. The fourth-order valence-electron chi connectivity index (χ4n) is 1.24. The highest BCUT2D eigenvalue weighted by atomic mass is 32.1. The lowest BCUT2D eigenvalue weighted by Crippen LogP contribution is -2.25. The van der Waals surface area contributed by atoms with Crippen molar-refractivity contribution >= 4 is 33.5 Å². The summed E-state index contributed by atoms with van der Waals surface area (Å²) in [6.07, 6.45) is 1.74. The van der Waals surface area contributed by atoms with E-state index >= 15 is 0 Å². The number of hydrogen-bond acceptors (Lipinski definition) is 5. The number of carbonyl (C=O) groups is 1. The van der Waals surface area contributed by atoms with Crippen LogP contribution in [0.3, 0.4) is 0 Å². The molecule has 5 nitrogen and oxygen atoms in total. The normalized spacial score (nSPS) is 10.5. The summed E-state index contributed by atoms with van der Waals surface area (Å²) in [6, 6.07) is 3.68. The molecule has 0 unspecified atom stereocenters. The molecule has 0 aliphatic carbocycles. The van der Waals surface area contributed by atoms with Crippen LogP contribution in [0.2, 0.25) is 0 Å². The Balaban J connectivity index is 2.30. The van der Waals surface area contributed by atoms with E-state index in [0.29, 0.717) is 5.82 Å². The first-order valence-corrected chi connectivity index (χ1v) is 5.08. The Bertz CT molecular complexity index is 497. The Labute approximate surface area is 90.1 Å². The van der Waals surface area contributed by atoms with E-state index in [0.717, 1.165) is 10.2 Å². The number of hydrogen-bond donors (Lipinski definition) is 1. The monoisotopic (exact) mass is 223 g/mol. The first-order chi connectivity index (χ1) is 7.16. The number of pyridine rings is 1. The molecule has 2 aromatic heterocycles. The molecule has 0 radical (unpaired) electrons. The Morgan fingerprint density at radius 1 is 1.60 bits per heavy atom. The Morgan fingerprint density at radius 3 is 3.13 bits per heavy atom. The van der Waals surface area contributed by atoms with Crippen LogP contribution in [0.1, 0.15) is 0 Å². The SMILES string of the molecule is CN(CC(=O)O)c1ccc2cnsc2n1. The van der Waals surface area contributed by atoms with Crippen molar-refractivity contribution < 1.29 is 9.90 Å². The van der Waals surface area contributed by atoms with Gasteiger partial charge in [0.05, 0.1) is 6.20 Å². The number of aromatic nitrogens is 2. The maximum Gasteiger partial charge on any atom is 0.323 e. The van der Waals surface area contributed by atoms with E-state index in [9.17, 15) is 4.79 Å². The third kappa shape index (κ3) is 2.04. The van der Waals surface area contributed by atoms with Gasteiger partial charge in [0.1, 0.15) is 17.2 Å². The van der Waals surface area contributed by atoms with Gasteiger partial charge in [-0.3, -0.25) is 4.79 Å². The molecule has 0 aromatic carbocycles. The summed E-state index contributed by atoms with van der Waals surface area (Å²) in [4.78, 5) is 17.2. The van der Waals surface area contributed by atoms with Gasteiger partial charge in [-0.25, -0.2) is 4.98 Å². The third-order valence-electron chi connectivity index (χ3n) is 1.97. The zero-order chi connectivity index (χ0) is 10.8. The first kappa shape index (κ1) is 9.85. The second kappa shape index (κ2) is 3.82. The Hall–Kier alpha value is -1.69. The fourth-order valence-corrected chi connectivity index (χ4v) is 1.87. The molecule has 15 heavy (non-hydrogen) atoms. The topological polar surface area (TPSA) is 66.3 Å². The van der Waals surface area contributed by atoms with Crippen molar-refractivity contribution in [2.24, 2.45) is 0 Å². The van der Waals surface area contributed by atoms with Gasteiger partial charge < -0.3 is 10.0 Å². The minimum Gasteiger partial charge on any atom is -0.480 e. The molecule has 0 aliphatic rings. The van der Waals surface area contributed by atoms with E-state index < -0.39 is 5.97 Å². The number of likely N-dealkylation sites (N-methyl/N-ethyl adjacent to an activating group) is 1. The van der Waals surface area contributed by atoms with Gasteiger partial charge >= 0.3 is 5.97 Å². The highest BCUT2D eigenvalue weighted by Gasteiger charge is 2.08. The summed E-state index contributed by atoms with van der Waals surface area (Å²) < 4.78 is 4.01. The number of fused-ring (bicyclic) bond motifs is 1. The molecule has 0 aliphatic heterocycles. The minimum atomic E-state index is -0.872. The van der Waals surface area contributed by atoms with Crippen molar-refractivity contribution in [3.8, 4) is 0 Å². The predicted molar refractivity (Wildman–Crippen MR) is 58.3 cm³/mol. The standard InChI is InChI=1S/C9H9N3O2S/c1-12(5-8(13)14)7-3-2-6-4-10-15-9(6)11-7/h2-4H,5H2,1H3,(H,13,14). The van der Waals surface area contributed by atoms with Crippen molar-refractivity contribution in [1.29, 1.82) is 0 Å². The van der Waals surface area contributed by atoms with Crippen molar-refractivity contribution in [2.75, 3.05) is 18.5 Å². The molecule has 0 saturated heterocycles. The van der Waals surface area contributed by atoms with Crippen molar-refractivity contribution in [3.05, 3.63) is 18.3 Å². The second-order valence-corrected chi connectivity index (χ2v) is 3.92. The highest BCUT2D eigenvalue weighted by molar-refractivity contribution is 7.12. The number of carboxylic acid groups (broad SMARTS) is 1. The molecule has 2 aromatic rings. The molecule has 6 heteroatoms. The molecule has 1 N–H and O–H groups in total. The summed E-state index contributed by atoms with van der Waals surface area (Å²) in [6.45, 7) is -0.0582. The largest absolute Gasteiger partial charge is 0.480 e. The van der Waals surface area contributed by atoms with E-state index in [-0.39, 0.29) is 6.54 Å². The van der Waals surface area contributed by atoms with Crippen LogP contribution in [0, 0.1) is 0 Å². The van der Waals surface area contributed by atoms with Gasteiger partial charge in [-0.05, 0) is 23.7 Å². The molecule has 2 rings (SSSR count). The van der Waals surface area contributed by atoms with Crippen LogP contribution in [0.15, 0.2) is 18.3 Å². The van der Waals surface area contributed by atoms with Crippen molar-refractivity contribution in [3.63, 3.8) is 0 Å². The average molecular weight is 223 g/mol. The molecule has 0 atom stereocenters. The molecule has 0 fully saturated rings. The second-order valence-electron chi connectivity index (χ2n) is 3.14. The van der Waals surface area contributed by atoms with Gasteiger partial charge in [0.15, 0.2) is 0 Å². The predicted octanol–water partition coefficient (Wildman–Crippen LogP) is 1.21. The fraction of sp³-hybridized carbons (Fsp3) is 0.222. The van der Waals surface area contributed by atoms with E-state index in [4.69, 9.17) is 5.11 Å². The zero-order valence-electron chi connectivity index (χ0n) is 8.04. The Kier molecular flexibility index (Phi) is 2.51. The van der Waals surface area contributed by atoms with E-state index in [1.807, 2.05) is 6.07 Å². The lowest BCUT2D eigenvalue weighted by atomic mass is 10.3. The van der Waals surface area contributed by atoms with Crippen LogP contribution < -0.4 is 4.90 Å². The van der Waals surface area contributed by atoms with Crippen LogP contribution in [0.5, 0.6) is 0 Å². The average Bonchev–Trinajstić information content (AvgIpc) is 2.62. The molecular weight excluding hydrogens is 214 g/mol.